The molecule has 0 aliphatic carbocycles. The Kier molecular flexibility index (Phi) is 4.34. The predicted octanol–water partition coefficient (Wildman–Crippen LogP) is 5.51. The number of ether oxygens (including phenoxy) is 2. The minimum absolute atomic E-state index is 0.332. The van der Waals surface area contributed by atoms with Crippen LogP contribution in [0.15, 0.2) is 34.8 Å². The van der Waals surface area contributed by atoms with Crippen molar-refractivity contribution in [2.24, 2.45) is 0 Å². The SMILES string of the molecule is Cc1cc(Br)ccc1C(Cl)c1cc2c(cc1Cl)OCCO2. The largest absolute Gasteiger partial charge is 0.486 e. The standard InChI is InChI=1S/C16H13BrCl2O2/c1-9-6-10(17)2-3-11(9)16(19)12-7-14-15(8-13(12)18)21-5-4-20-14/h2-3,6-8,16H,4-5H2,1H3. The number of hydrogen-bond donors (Lipinski definition) is 0. The summed E-state index contributed by atoms with van der Waals surface area (Å²) in [5, 5.41) is 0.253. The van der Waals surface area contributed by atoms with Gasteiger partial charge in [0.05, 0.1) is 5.38 Å². The smallest absolute Gasteiger partial charge is 0.162 e. The molecule has 0 saturated carbocycles. The van der Waals surface area contributed by atoms with Crippen LogP contribution in [0.5, 0.6) is 11.5 Å². The highest BCUT2D eigenvalue weighted by molar-refractivity contribution is 9.10. The van der Waals surface area contributed by atoms with Crippen LogP contribution in [-0.2, 0) is 0 Å². The molecule has 0 saturated heterocycles. The van der Waals surface area contributed by atoms with Gasteiger partial charge in [0.2, 0.25) is 0 Å². The zero-order chi connectivity index (χ0) is 15.0. The highest BCUT2D eigenvalue weighted by Crippen LogP contribution is 2.42. The summed E-state index contributed by atoms with van der Waals surface area (Å²) in [6.45, 7) is 3.11. The molecule has 2 aromatic rings. The molecule has 0 N–H and O–H groups in total. The van der Waals surface area contributed by atoms with Crippen LogP contribution in [0.4, 0.5) is 0 Å². The van der Waals surface area contributed by atoms with Gasteiger partial charge < -0.3 is 9.47 Å². The molecule has 1 atom stereocenters. The predicted molar refractivity (Wildman–Crippen MR) is 89.0 cm³/mol. The fraction of sp³-hybridized carbons (Fsp3) is 0.250. The van der Waals surface area contributed by atoms with Crippen molar-refractivity contribution in [1.29, 1.82) is 0 Å². The second-order valence-corrected chi connectivity index (χ2v) is 6.64. The van der Waals surface area contributed by atoms with E-state index in [-0.39, 0.29) is 5.38 Å². The van der Waals surface area contributed by atoms with Crippen molar-refractivity contribution in [3.8, 4) is 11.5 Å². The van der Waals surface area contributed by atoms with Crippen LogP contribution in [-0.4, -0.2) is 13.2 Å². The first-order valence-electron chi connectivity index (χ1n) is 6.55. The van der Waals surface area contributed by atoms with Crippen LogP contribution < -0.4 is 9.47 Å². The van der Waals surface area contributed by atoms with E-state index in [1.54, 1.807) is 6.07 Å². The monoisotopic (exact) mass is 386 g/mol. The van der Waals surface area contributed by atoms with Gasteiger partial charge in [0, 0.05) is 15.6 Å². The van der Waals surface area contributed by atoms with Crippen molar-refractivity contribution >= 4 is 39.1 Å². The van der Waals surface area contributed by atoms with Crippen LogP contribution in [0.3, 0.4) is 0 Å². The number of alkyl halides is 1. The third-order valence-electron chi connectivity index (χ3n) is 3.44. The van der Waals surface area contributed by atoms with E-state index in [0.717, 1.165) is 21.2 Å². The molecule has 0 fully saturated rings. The topological polar surface area (TPSA) is 18.5 Å². The van der Waals surface area contributed by atoms with E-state index < -0.39 is 0 Å². The van der Waals surface area contributed by atoms with E-state index >= 15 is 0 Å². The average molecular weight is 388 g/mol. The van der Waals surface area contributed by atoms with Gasteiger partial charge in [-0.3, -0.25) is 0 Å². The van der Waals surface area contributed by atoms with Crippen molar-refractivity contribution in [2.75, 3.05) is 13.2 Å². The van der Waals surface area contributed by atoms with Gasteiger partial charge in [-0.05, 0) is 41.8 Å². The van der Waals surface area contributed by atoms with Gasteiger partial charge in [0.25, 0.3) is 0 Å². The van der Waals surface area contributed by atoms with Gasteiger partial charge in [0.1, 0.15) is 13.2 Å². The van der Waals surface area contributed by atoms with Crippen LogP contribution in [0.25, 0.3) is 0 Å². The normalized spacial score (nSPS) is 14.9. The third-order valence-corrected chi connectivity index (χ3v) is 4.73. The highest BCUT2D eigenvalue weighted by atomic mass is 79.9. The zero-order valence-electron chi connectivity index (χ0n) is 11.3. The summed E-state index contributed by atoms with van der Waals surface area (Å²) in [5.74, 6) is 1.37. The van der Waals surface area contributed by atoms with E-state index in [1.807, 2.05) is 31.2 Å². The van der Waals surface area contributed by atoms with Gasteiger partial charge >= 0.3 is 0 Å². The zero-order valence-corrected chi connectivity index (χ0v) is 14.4. The molecule has 0 radical (unpaired) electrons. The molecule has 0 amide bonds. The van der Waals surface area contributed by atoms with Crippen molar-refractivity contribution in [3.05, 3.63) is 56.5 Å². The summed E-state index contributed by atoms with van der Waals surface area (Å²) in [7, 11) is 0. The Balaban J connectivity index is 2.03. The van der Waals surface area contributed by atoms with Gasteiger partial charge in [-0.1, -0.05) is 33.6 Å². The van der Waals surface area contributed by atoms with Gasteiger partial charge in [0.15, 0.2) is 11.5 Å². The van der Waals surface area contributed by atoms with Crippen LogP contribution >= 0.6 is 39.1 Å². The number of benzene rings is 2. The molecule has 0 bridgehead atoms. The molecule has 0 spiro atoms. The van der Waals surface area contributed by atoms with E-state index in [0.29, 0.717) is 29.7 Å². The first-order valence-corrected chi connectivity index (χ1v) is 8.16. The molecule has 5 heteroatoms. The van der Waals surface area contributed by atoms with Gasteiger partial charge in [-0.15, -0.1) is 11.6 Å². The van der Waals surface area contributed by atoms with Crippen molar-refractivity contribution in [1.82, 2.24) is 0 Å². The molecule has 110 valence electrons. The summed E-state index contributed by atoms with van der Waals surface area (Å²) in [6, 6.07) is 9.66. The first-order chi connectivity index (χ1) is 10.1. The van der Waals surface area contributed by atoms with Crippen LogP contribution in [0.1, 0.15) is 22.1 Å². The van der Waals surface area contributed by atoms with E-state index in [1.165, 1.54) is 0 Å². The maximum Gasteiger partial charge on any atom is 0.162 e. The molecule has 1 heterocycles. The van der Waals surface area contributed by atoms with Crippen molar-refractivity contribution in [2.45, 2.75) is 12.3 Å². The Morgan fingerprint density at radius 2 is 1.71 bits per heavy atom. The molecule has 0 aromatic heterocycles. The number of hydrogen-bond acceptors (Lipinski definition) is 2. The Morgan fingerprint density at radius 3 is 2.38 bits per heavy atom. The second kappa shape index (κ2) is 6.07. The lowest BCUT2D eigenvalue weighted by Crippen LogP contribution is -2.15. The quantitative estimate of drug-likeness (QED) is 0.632. The minimum atomic E-state index is -0.332. The first kappa shape index (κ1) is 15.0. The molecule has 1 unspecified atom stereocenters. The van der Waals surface area contributed by atoms with Gasteiger partial charge in [-0.25, -0.2) is 0 Å². The van der Waals surface area contributed by atoms with Crippen LogP contribution in [0, 0.1) is 6.92 Å². The summed E-state index contributed by atoms with van der Waals surface area (Å²) in [6.07, 6.45) is 0. The lowest BCUT2D eigenvalue weighted by molar-refractivity contribution is 0.171. The summed E-state index contributed by atoms with van der Waals surface area (Å²) >= 11 is 16.5. The number of rotatable bonds is 2. The molecular weight excluding hydrogens is 375 g/mol. The molecule has 1 aliphatic heterocycles. The van der Waals surface area contributed by atoms with Crippen molar-refractivity contribution in [3.63, 3.8) is 0 Å². The fourth-order valence-electron chi connectivity index (χ4n) is 2.36. The minimum Gasteiger partial charge on any atom is -0.486 e. The van der Waals surface area contributed by atoms with Gasteiger partial charge in [-0.2, -0.15) is 0 Å². The molecule has 1 aliphatic rings. The van der Waals surface area contributed by atoms with Crippen molar-refractivity contribution < 1.29 is 9.47 Å². The highest BCUT2D eigenvalue weighted by Gasteiger charge is 2.21. The Bertz CT molecular complexity index is 688. The Morgan fingerprint density at radius 1 is 1.05 bits per heavy atom. The third kappa shape index (κ3) is 3.01. The fourth-order valence-corrected chi connectivity index (χ4v) is 3.58. The number of halogens is 3. The van der Waals surface area contributed by atoms with E-state index in [4.69, 9.17) is 32.7 Å². The Hall–Kier alpha value is -0.900. The maximum absolute atomic E-state index is 6.64. The summed E-state index contributed by atoms with van der Waals surface area (Å²) < 4.78 is 12.2. The maximum atomic E-state index is 6.64. The molecular formula is C16H13BrCl2O2. The van der Waals surface area contributed by atoms with Crippen LogP contribution in [0.2, 0.25) is 5.02 Å². The molecule has 3 rings (SSSR count). The Labute approximate surface area is 142 Å². The second-order valence-electron chi connectivity index (χ2n) is 4.88. The number of aryl methyl sites for hydroxylation is 1. The lowest BCUT2D eigenvalue weighted by atomic mass is 9.99. The molecule has 2 nitrogen and oxygen atoms in total. The number of fused-ring (bicyclic) bond motifs is 1. The summed E-state index contributed by atoms with van der Waals surface area (Å²) in [5.41, 5.74) is 2.96. The average Bonchev–Trinajstić information content (AvgIpc) is 2.46. The summed E-state index contributed by atoms with van der Waals surface area (Å²) in [4.78, 5) is 0. The van der Waals surface area contributed by atoms with E-state index in [2.05, 4.69) is 15.9 Å². The lowest BCUT2D eigenvalue weighted by Gasteiger charge is -2.22. The molecule has 21 heavy (non-hydrogen) atoms. The molecule has 2 aromatic carbocycles. The van der Waals surface area contributed by atoms with E-state index in [9.17, 15) is 0 Å².